The summed E-state index contributed by atoms with van der Waals surface area (Å²) in [7, 11) is -1.69. The summed E-state index contributed by atoms with van der Waals surface area (Å²) >= 11 is 0. The van der Waals surface area contributed by atoms with Gasteiger partial charge in [0.25, 0.3) is 0 Å². The van der Waals surface area contributed by atoms with Gasteiger partial charge in [-0.3, -0.25) is 0 Å². The number of nitrogens with zero attached hydrogens (tertiary/aromatic N) is 1. The van der Waals surface area contributed by atoms with Crippen LogP contribution in [0.5, 0.6) is 0 Å². The van der Waals surface area contributed by atoms with Crippen LogP contribution in [0, 0.1) is 12.8 Å². The minimum Gasteiger partial charge on any atom is -0.310 e. The molecule has 21 heavy (non-hydrogen) atoms. The maximum absolute atomic E-state index is 12.6. The first-order valence-electron chi connectivity index (χ1n) is 7.60. The van der Waals surface area contributed by atoms with E-state index in [0.29, 0.717) is 29.9 Å². The Morgan fingerprint density at radius 2 is 2.00 bits per heavy atom. The van der Waals surface area contributed by atoms with Crippen molar-refractivity contribution in [2.75, 3.05) is 13.6 Å². The lowest BCUT2D eigenvalue weighted by Crippen LogP contribution is -2.29. The predicted octanol–water partition coefficient (Wildman–Crippen LogP) is 2.52. The molecular formula is C16H26N2O2S. The SMILES string of the molecule is Cc1ccc(S(=O)(=O)N(C)CC2CC2)cc1CNC(C)C. The molecule has 1 aliphatic rings. The van der Waals surface area contributed by atoms with Crippen molar-refractivity contribution < 1.29 is 8.42 Å². The van der Waals surface area contributed by atoms with E-state index in [0.717, 1.165) is 24.0 Å². The third-order valence-corrected chi connectivity index (χ3v) is 5.76. The lowest BCUT2D eigenvalue weighted by molar-refractivity contribution is 0.452. The van der Waals surface area contributed by atoms with E-state index in [-0.39, 0.29) is 0 Å². The van der Waals surface area contributed by atoms with Gasteiger partial charge in [0, 0.05) is 26.2 Å². The molecule has 0 aliphatic heterocycles. The first kappa shape index (κ1) is 16.5. The van der Waals surface area contributed by atoms with Gasteiger partial charge in [0.2, 0.25) is 10.0 Å². The van der Waals surface area contributed by atoms with Crippen LogP contribution in [0.15, 0.2) is 23.1 Å². The molecule has 1 fully saturated rings. The standard InChI is InChI=1S/C16H26N2O2S/c1-12(2)17-10-15-9-16(8-5-13(15)3)21(19,20)18(4)11-14-6-7-14/h5,8-9,12,14,17H,6-7,10-11H2,1-4H3. The topological polar surface area (TPSA) is 49.4 Å². The van der Waals surface area contributed by atoms with Gasteiger partial charge in [-0.1, -0.05) is 19.9 Å². The highest BCUT2D eigenvalue weighted by Crippen LogP contribution is 2.31. The Hall–Kier alpha value is -0.910. The summed E-state index contributed by atoms with van der Waals surface area (Å²) in [5.41, 5.74) is 2.16. The molecule has 118 valence electrons. The molecule has 0 amide bonds. The zero-order valence-electron chi connectivity index (χ0n) is 13.4. The number of benzene rings is 1. The van der Waals surface area contributed by atoms with E-state index in [2.05, 4.69) is 19.2 Å². The van der Waals surface area contributed by atoms with E-state index in [9.17, 15) is 8.42 Å². The van der Waals surface area contributed by atoms with Crippen molar-refractivity contribution >= 4 is 10.0 Å². The lowest BCUT2D eigenvalue weighted by atomic mass is 10.1. The molecule has 0 unspecified atom stereocenters. The van der Waals surface area contributed by atoms with Crippen LogP contribution >= 0.6 is 0 Å². The van der Waals surface area contributed by atoms with Gasteiger partial charge < -0.3 is 5.32 Å². The number of aryl methyl sites for hydroxylation is 1. The Morgan fingerprint density at radius 3 is 2.57 bits per heavy atom. The quantitative estimate of drug-likeness (QED) is 0.842. The van der Waals surface area contributed by atoms with Crippen LogP contribution < -0.4 is 5.32 Å². The average molecular weight is 310 g/mol. The first-order chi connectivity index (χ1) is 9.80. The van der Waals surface area contributed by atoms with Crippen LogP contribution in [-0.4, -0.2) is 32.4 Å². The molecule has 5 heteroatoms. The van der Waals surface area contributed by atoms with Gasteiger partial charge in [0.15, 0.2) is 0 Å². The fourth-order valence-electron chi connectivity index (χ4n) is 2.25. The second-order valence-electron chi connectivity index (χ2n) is 6.35. The molecule has 0 saturated heterocycles. The fraction of sp³-hybridized carbons (Fsp3) is 0.625. The van der Waals surface area contributed by atoms with Gasteiger partial charge in [-0.05, 0) is 48.9 Å². The average Bonchev–Trinajstić information content (AvgIpc) is 3.21. The van der Waals surface area contributed by atoms with Gasteiger partial charge in [-0.2, -0.15) is 0 Å². The molecule has 0 heterocycles. The molecule has 0 aromatic heterocycles. The third-order valence-electron chi connectivity index (χ3n) is 3.94. The molecule has 1 N–H and O–H groups in total. The minimum absolute atomic E-state index is 0.377. The molecule has 1 saturated carbocycles. The van der Waals surface area contributed by atoms with Crippen LogP contribution in [0.3, 0.4) is 0 Å². The summed E-state index contributed by atoms with van der Waals surface area (Å²) < 4.78 is 26.7. The van der Waals surface area contributed by atoms with Gasteiger partial charge >= 0.3 is 0 Å². The third kappa shape index (κ3) is 4.28. The van der Waals surface area contributed by atoms with Gasteiger partial charge in [0.05, 0.1) is 4.90 Å². The smallest absolute Gasteiger partial charge is 0.242 e. The Bertz CT molecular complexity index is 592. The molecule has 1 aromatic rings. The number of hydrogen-bond donors (Lipinski definition) is 1. The van der Waals surface area contributed by atoms with Crippen LogP contribution in [0.2, 0.25) is 0 Å². The predicted molar refractivity (Wildman–Crippen MR) is 85.7 cm³/mol. The lowest BCUT2D eigenvalue weighted by Gasteiger charge is -2.18. The highest BCUT2D eigenvalue weighted by Gasteiger charge is 2.29. The Balaban J connectivity index is 2.19. The van der Waals surface area contributed by atoms with Crippen molar-refractivity contribution in [3.8, 4) is 0 Å². The molecule has 2 rings (SSSR count). The van der Waals surface area contributed by atoms with Gasteiger partial charge in [-0.25, -0.2) is 12.7 Å². The summed E-state index contributed by atoms with van der Waals surface area (Å²) in [5, 5.41) is 3.34. The zero-order chi connectivity index (χ0) is 15.6. The highest BCUT2D eigenvalue weighted by atomic mass is 32.2. The highest BCUT2D eigenvalue weighted by molar-refractivity contribution is 7.89. The van der Waals surface area contributed by atoms with E-state index >= 15 is 0 Å². The molecule has 4 nitrogen and oxygen atoms in total. The van der Waals surface area contributed by atoms with E-state index in [1.165, 1.54) is 4.31 Å². The van der Waals surface area contributed by atoms with Crippen LogP contribution in [-0.2, 0) is 16.6 Å². The molecule has 1 aliphatic carbocycles. The summed E-state index contributed by atoms with van der Waals surface area (Å²) in [4.78, 5) is 0.400. The molecule has 0 spiro atoms. The van der Waals surface area contributed by atoms with Crippen LogP contribution in [0.1, 0.15) is 37.8 Å². The second kappa shape index (κ2) is 6.46. The summed E-state index contributed by atoms with van der Waals surface area (Å²) in [6, 6.07) is 5.80. The van der Waals surface area contributed by atoms with Crippen molar-refractivity contribution in [1.82, 2.24) is 9.62 Å². The van der Waals surface area contributed by atoms with Crippen molar-refractivity contribution in [3.63, 3.8) is 0 Å². The van der Waals surface area contributed by atoms with E-state index in [4.69, 9.17) is 0 Å². The maximum Gasteiger partial charge on any atom is 0.242 e. The van der Waals surface area contributed by atoms with E-state index in [1.54, 1.807) is 13.1 Å². The molecular weight excluding hydrogens is 284 g/mol. The first-order valence-corrected chi connectivity index (χ1v) is 9.04. The molecule has 0 bridgehead atoms. The molecule has 1 aromatic carbocycles. The van der Waals surface area contributed by atoms with E-state index in [1.807, 2.05) is 19.1 Å². The summed E-state index contributed by atoms with van der Waals surface area (Å²) in [6.07, 6.45) is 2.30. The number of hydrogen-bond acceptors (Lipinski definition) is 3. The summed E-state index contributed by atoms with van der Waals surface area (Å²) in [5.74, 6) is 0.553. The van der Waals surface area contributed by atoms with Gasteiger partial charge in [-0.15, -0.1) is 0 Å². The van der Waals surface area contributed by atoms with Crippen molar-refractivity contribution in [1.29, 1.82) is 0 Å². The van der Waals surface area contributed by atoms with E-state index < -0.39 is 10.0 Å². The normalized spacial score (nSPS) is 15.9. The second-order valence-corrected chi connectivity index (χ2v) is 8.40. The Kier molecular flexibility index (Phi) is 5.07. The fourth-order valence-corrected chi connectivity index (χ4v) is 3.55. The zero-order valence-corrected chi connectivity index (χ0v) is 14.2. The summed E-state index contributed by atoms with van der Waals surface area (Å²) in [6.45, 7) is 7.51. The maximum atomic E-state index is 12.6. The van der Waals surface area contributed by atoms with Crippen LogP contribution in [0.25, 0.3) is 0 Å². The number of sulfonamides is 1. The van der Waals surface area contributed by atoms with Crippen molar-refractivity contribution in [2.45, 2.75) is 51.1 Å². The van der Waals surface area contributed by atoms with Crippen LogP contribution in [0.4, 0.5) is 0 Å². The van der Waals surface area contributed by atoms with Gasteiger partial charge in [0.1, 0.15) is 0 Å². The number of nitrogens with one attached hydrogen (secondary N) is 1. The number of rotatable bonds is 7. The Morgan fingerprint density at radius 1 is 1.33 bits per heavy atom. The molecule has 0 radical (unpaired) electrons. The monoisotopic (exact) mass is 310 g/mol. The van der Waals surface area contributed by atoms with Crippen molar-refractivity contribution in [2.24, 2.45) is 5.92 Å². The largest absolute Gasteiger partial charge is 0.310 e. The molecule has 0 atom stereocenters. The minimum atomic E-state index is -3.37. The van der Waals surface area contributed by atoms with Crippen molar-refractivity contribution in [3.05, 3.63) is 29.3 Å². The Labute approximate surface area is 128 Å².